The van der Waals surface area contributed by atoms with E-state index in [9.17, 15) is 0 Å². The minimum Gasteiger partial charge on any atom is -0.460 e. The van der Waals surface area contributed by atoms with Gasteiger partial charge in [-0.2, -0.15) is 0 Å². The summed E-state index contributed by atoms with van der Waals surface area (Å²) >= 11 is 12.2. The molecular formula is C16H22Cl4N2O2. The number of benzene rings is 1. The van der Waals surface area contributed by atoms with E-state index in [1.54, 1.807) is 25.1 Å². The molecule has 1 unspecified atom stereocenters. The van der Waals surface area contributed by atoms with E-state index in [0.717, 1.165) is 24.4 Å². The normalized spacial score (nSPS) is 11.5. The molecule has 136 valence electrons. The second-order valence-corrected chi connectivity index (χ2v) is 5.96. The Kier molecular flexibility index (Phi) is 11.8. The lowest BCUT2D eigenvalue weighted by Crippen LogP contribution is -2.31. The molecule has 24 heavy (non-hydrogen) atoms. The van der Waals surface area contributed by atoms with Gasteiger partial charge in [-0.25, -0.2) is 0 Å². The molecule has 2 aromatic rings. The van der Waals surface area contributed by atoms with E-state index >= 15 is 0 Å². The Bertz CT molecular complexity index is 606. The highest BCUT2D eigenvalue weighted by Crippen LogP contribution is 2.31. The molecule has 0 aliphatic heterocycles. The van der Waals surface area contributed by atoms with Crippen LogP contribution in [0.4, 0.5) is 0 Å². The van der Waals surface area contributed by atoms with Gasteiger partial charge in [-0.1, -0.05) is 23.2 Å². The number of aliphatic hydroxyl groups is 1. The maximum Gasteiger partial charge on any atom is 0.135 e. The molecule has 0 saturated heterocycles. The van der Waals surface area contributed by atoms with Crippen molar-refractivity contribution >= 4 is 48.0 Å². The summed E-state index contributed by atoms with van der Waals surface area (Å²) in [4.78, 5) is 0. The van der Waals surface area contributed by atoms with Crippen molar-refractivity contribution in [2.45, 2.75) is 19.6 Å². The van der Waals surface area contributed by atoms with Crippen LogP contribution < -0.4 is 10.6 Å². The van der Waals surface area contributed by atoms with Crippen molar-refractivity contribution in [1.29, 1.82) is 0 Å². The van der Waals surface area contributed by atoms with E-state index in [-0.39, 0.29) is 30.9 Å². The standard InChI is InChI=1S/C16H20Cl2N2O2.2ClH/c1-11(21)9-19-6-7-20-10-13-3-5-16(22-13)14-8-12(17)2-4-15(14)18;;/h2-5,8,11,19-21H,6-7,9-10H2,1H3;2*1H. The molecule has 0 spiro atoms. The maximum absolute atomic E-state index is 9.12. The van der Waals surface area contributed by atoms with Gasteiger partial charge in [0.1, 0.15) is 11.5 Å². The molecule has 0 fully saturated rings. The van der Waals surface area contributed by atoms with Crippen molar-refractivity contribution in [3.8, 4) is 11.3 Å². The van der Waals surface area contributed by atoms with E-state index in [4.69, 9.17) is 32.7 Å². The summed E-state index contributed by atoms with van der Waals surface area (Å²) in [6.45, 7) is 4.57. The molecule has 1 aromatic carbocycles. The molecule has 4 nitrogen and oxygen atoms in total. The van der Waals surface area contributed by atoms with Crippen LogP contribution in [0.3, 0.4) is 0 Å². The fourth-order valence-electron chi connectivity index (χ4n) is 2.00. The van der Waals surface area contributed by atoms with Crippen LogP contribution in [-0.4, -0.2) is 30.8 Å². The molecule has 0 bridgehead atoms. The Morgan fingerprint density at radius 2 is 1.79 bits per heavy atom. The minimum absolute atomic E-state index is 0. The van der Waals surface area contributed by atoms with Gasteiger partial charge < -0.3 is 20.2 Å². The highest BCUT2D eigenvalue weighted by molar-refractivity contribution is 6.35. The first-order chi connectivity index (χ1) is 10.6. The SMILES string of the molecule is CC(O)CNCCNCc1ccc(-c2cc(Cl)ccc2Cl)o1.Cl.Cl. The lowest BCUT2D eigenvalue weighted by atomic mass is 10.2. The Morgan fingerprint density at radius 3 is 2.50 bits per heavy atom. The van der Waals surface area contributed by atoms with Crippen LogP contribution in [0.5, 0.6) is 0 Å². The molecule has 0 radical (unpaired) electrons. The lowest BCUT2D eigenvalue weighted by molar-refractivity contribution is 0.191. The third kappa shape index (κ3) is 7.62. The molecule has 2 rings (SSSR count). The third-order valence-electron chi connectivity index (χ3n) is 3.07. The predicted molar refractivity (Wildman–Crippen MR) is 105 cm³/mol. The minimum atomic E-state index is -0.324. The largest absolute Gasteiger partial charge is 0.460 e. The average Bonchev–Trinajstić information content (AvgIpc) is 2.93. The molecule has 0 saturated carbocycles. The Hall–Kier alpha value is -0.460. The van der Waals surface area contributed by atoms with Crippen molar-refractivity contribution in [3.05, 3.63) is 46.1 Å². The lowest BCUT2D eigenvalue weighted by Gasteiger charge is -2.07. The van der Waals surface area contributed by atoms with Crippen LogP contribution in [0.15, 0.2) is 34.7 Å². The molecule has 8 heteroatoms. The van der Waals surface area contributed by atoms with Crippen LogP contribution in [0.2, 0.25) is 10.0 Å². The first kappa shape index (κ1) is 23.5. The van der Waals surface area contributed by atoms with Crippen LogP contribution in [0, 0.1) is 0 Å². The second-order valence-electron chi connectivity index (χ2n) is 5.12. The number of furan rings is 1. The Labute approximate surface area is 164 Å². The van der Waals surface area contributed by atoms with Crippen molar-refractivity contribution in [2.75, 3.05) is 19.6 Å². The zero-order valence-corrected chi connectivity index (χ0v) is 16.4. The highest BCUT2D eigenvalue weighted by Gasteiger charge is 2.09. The highest BCUT2D eigenvalue weighted by atomic mass is 35.5. The van der Waals surface area contributed by atoms with E-state index in [2.05, 4.69) is 10.6 Å². The first-order valence-electron chi connectivity index (χ1n) is 7.20. The smallest absolute Gasteiger partial charge is 0.135 e. The molecule has 0 aliphatic rings. The fraction of sp³-hybridized carbons (Fsp3) is 0.375. The fourth-order valence-corrected chi connectivity index (χ4v) is 2.39. The number of hydrogen-bond acceptors (Lipinski definition) is 4. The van der Waals surface area contributed by atoms with E-state index in [1.807, 2.05) is 12.1 Å². The van der Waals surface area contributed by atoms with Gasteiger partial charge in [0, 0.05) is 30.2 Å². The second kappa shape index (κ2) is 12.0. The summed E-state index contributed by atoms with van der Waals surface area (Å²) in [5.41, 5.74) is 0.791. The van der Waals surface area contributed by atoms with Gasteiger partial charge in [-0.3, -0.25) is 0 Å². The Morgan fingerprint density at radius 1 is 1.08 bits per heavy atom. The summed E-state index contributed by atoms with van der Waals surface area (Å²) in [5.74, 6) is 1.54. The van der Waals surface area contributed by atoms with Gasteiger partial charge in [0.25, 0.3) is 0 Å². The quantitative estimate of drug-likeness (QED) is 0.566. The predicted octanol–water partition coefficient (Wildman–Crippen LogP) is 4.16. The monoisotopic (exact) mass is 414 g/mol. The van der Waals surface area contributed by atoms with E-state index in [1.165, 1.54) is 0 Å². The summed E-state index contributed by atoms with van der Waals surface area (Å²) < 4.78 is 5.78. The first-order valence-corrected chi connectivity index (χ1v) is 7.95. The molecule has 1 aromatic heterocycles. The molecular weight excluding hydrogens is 394 g/mol. The number of hydrogen-bond donors (Lipinski definition) is 3. The van der Waals surface area contributed by atoms with Crippen molar-refractivity contribution in [1.82, 2.24) is 10.6 Å². The van der Waals surface area contributed by atoms with Crippen LogP contribution in [0.1, 0.15) is 12.7 Å². The van der Waals surface area contributed by atoms with Gasteiger partial charge in [0.2, 0.25) is 0 Å². The van der Waals surface area contributed by atoms with Gasteiger partial charge in [-0.15, -0.1) is 24.8 Å². The zero-order chi connectivity index (χ0) is 15.9. The summed E-state index contributed by atoms with van der Waals surface area (Å²) in [7, 11) is 0. The summed E-state index contributed by atoms with van der Waals surface area (Å²) in [6.07, 6.45) is -0.324. The van der Waals surface area contributed by atoms with Crippen LogP contribution in [0.25, 0.3) is 11.3 Å². The third-order valence-corrected chi connectivity index (χ3v) is 3.64. The number of halogens is 4. The van der Waals surface area contributed by atoms with Crippen LogP contribution in [-0.2, 0) is 6.54 Å². The van der Waals surface area contributed by atoms with Gasteiger partial charge >= 0.3 is 0 Å². The van der Waals surface area contributed by atoms with Crippen molar-refractivity contribution in [3.63, 3.8) is 0 Å². The van der Waals surface area contributed by atoms with Gasteiger partial charge in [0.05, 0.1) is 17.7 Å². The van der Waals surface area contributed by atoms with E-state index < -0.39 is 0 Å². The maximum atomic E-state index is 9.12. The van der Waals surface area contributed by atoms with Gasteiger partial charge in [0.15, 0.2) is 0 Å². The molecule has 0 amide bonds. The molecule has 1 atom stereocenters. The number of nitrogens with one attached hydrogen (secondary N) is 2. The summed E-state index contributed by atoms with van der Waals surface area (Å²) in [5, 5.41) is 16.8. The van der Waals surface area contributed by atoms with Crippen molar-refractivity contribution < 1.29 is 9.52 Å². The topological polar surface area (TPSA) is 57.4 Å². The van der Waals surface area contributed by atoms with Crippen LogP contribution >= 0.6 is 48.0 Å². The number of rotatable bonds is 8. The molecule has 1 heterocycles. The molecule has 3 N–H and O–H groups in total. The Balaban J connectivity index is 0.00000264. The average molecular weight is 416 g/mol. The zero-order valence-electron chi connectivity index (χ0n) is 13.2. The number of aliphatic hydroxyl groups excluding tert-OH is 1. The van der Waals surface area contributed by atoms with Crippen molar-refractivity contribution in [2.24, 2.45) is 0 Å². The van der Waals surface area contributed by atoms with Gasteiger partial charge in [-0.05, 0) is 37.3 Å². The summed E-state index contributed by atoms with van der Waals surface area (Å²) in [6, 6.07) is 9.11. The molecule has 0 aliphatic carbocycles. The van der Waals surface area contributed by atoms with E-state index in [0.29, 0.717) is 28.9 Å².